The molecule has 1 aromatic carbocycles. The van der Waals surface area contributed by atoms with E-state index in [1.54, 1.807) is 0 Å². The maximum absolute atomic E-state index is 12.8. The number of sulfonamides is 1. The molecule has 0 heterocycles. The number of nitrogens with zero attached hydrogens (tertiary/aromatic N) is 1. The number of hydrogen-bond acceptors (Lipinski definition) is 5. The average molecular weight is 370 g/mol. The van der Waals surface area contributed by atoms with Gasteiger partial charge in [0.25, 0.3) is 5.91 Å². The molecule has 0 radical (unpaired) electrons. The van der Waals surface area contributed by atoms with Crippen molar-refractivity contribution in [1.82, 2.24) is 5.32 Å². The molecule has 2 N–H and O–H groups in total. The van der Waals surface area contributed by atoms with E-state index in [4.69, 9.17) is 0 Å². The number of anilines is 1. The van der Waals surface area contributed by atoms with E-state index in [0.717, 1.165) is 12.1 Å². The van der Waals surface area contributed by atoms with Crippen LogP contribution in [0.15, 0.2) is 30.3 Å². The van der Waals surface area contributed by atoms with Crippen LogP contribution in [0.1, 0.15) is 13.8 Å². The minimum Gasteiger partial charge on any atom is -0.373 e. The third-order valence-corrected chi connectivity index (χ3v) is 4.45. The van der Waals surface area contributed by atoms with Crippen LogP contribution < -0.4 is 9.62 Å². The first-order valence-electron chi connectivity index (χ1n) is 6.86. The summed E-state index contributed by atoms with van der Waals surface area (Å²) in [7, 11) is -0.582. The van der Waals surface area contributed by atoms with Crippen LogP contribution in [0.3, 0.4) is 0 Å². The number of alkyl halides is 3. The highest BCUT2D eigenvalue weighted by atomic mass is 32.2. The highest BCUT2D eigenvalue weighted by Gasteiger charge is 2.58. The fourth-order valence-electron chi connectivity index (χ4n) is 1.42. The third kappa shape index (κ3) is 5.18. The molecule has 0 aliphatic heterocycles. The van der Waals surface area contributed by atoms with Crippen molar-refractivity contribution >= 4 is 21.6 Å². The van der Waals surface area contributed by atoms with E-state index < -0.39 is 33.5 Å². The molecule has 24 heavy (non-hydrogen) atoms. The number of nitrogens with one attached hydrogen (secondary N) is 1. The van der Waals surface area contributed by atoms with Crippen LogP contribution in [0.5, 0.6) is 0 Å². The molecule has 0 bridgehead atoms. The largest absolute Gasteiger partial charge is 0.426 e. The number of para-hydroxylation sites is 1. The smallest absolute Gasteiger partial charge is 0.373 e. The van der Waals surface area contributed by atoms with Gasteiger partial charge in [-0.2, -0.15) is 13.2 Å². The lowest BCUT2D eigenvalue weighted by molar-refractivity contribution is -0.243. The standard InChI is InChI=1S/C12H14F3NO4S.C2H7N/c1-3-21(19,20)16(9-7-5-4-6-8-9)10(17)11(2,18)12(13,14)15;1-3-2/h4-8,18H,3H2,1-2H3;3H,1-2H3. The van der Waals surface area contributed by atoms with Gasteiger partial charge in [0.15, 0.2) is 0 Å². The van der Waals surface area contributed by atoms with Gasteiger partial charge in [0, 0.05) is 0 Å². The van der Waals surface area contributed by atoms with E-state index >= 15 is 0 Å². The van der Waals surface area contributed by atoms with Crippen LogP contribution >= 0.6 is 0 Å². The number of carbonyl (C=O) groups is 1. The second-order valence-electron chi connectivity index (χ2n) is 4.88. The lowest BCUT2D eigenvalue weighted by atomic mass is 10.1. The molecular formula is C14H21F3N2O4S. The fraction of sp³-hybridized carbons (Fsp3) is 0.500. The molecule has 0 aromatic heterocycles. The van der Waals surface area contributed by atoms with Gasteiger partial charge in [0.1, 0.15) is 0 Å². The Morgan fingerprint density at radius 1 is 1.21 bits per heavy atom. The Labute approximate surface area is 139 Å². The average Bonchev–Trinajstić information content (AvgIpc) is 2.48. The van der Waals surface area contributed by atoms with Gasteiger partial charge in [-0.25, -0.2) is 12.7 Å². The first-order valence-corrected chi connectivity index (χ1v) is 8.47. The lowest BCUT2D eigenvalue weighted by Gasteiger charge is -2.31. The normalized spacial score (nSPS) is 14.2. The molecule has 0 spiro atoms. The molecule has 1 unspecified atom stereocenters. The van der Waals surface area contributed by atoms with Gasteiger partial charge < -0.3 is 10.4 Å². The molecule has 10 heteroatoms. The molecule has 1 aromatic rings. The molecule has 1 atom stereocenters. The van der Waals surface area contributed by atoms with Crippen molar-refractivity contribution < 1.29 is 31.5 Å². The van der Waals surface area contributed by atoms with Crippen molar-refractivity contribution in [2.24, 2.45) is 0 Å². The summed E-state index contributed by atoms with van der Waals surface area (Å²) < 4.78 is 62.1. The first kappa shape index (κ1) is 22.4. The molecule has 138 valence electrons. The first-order chi connectivity index (χ1) is 10.9. The Morgan fingerprint density at radius 3 is 1.96 bits per heavy atom. The Kier molecular flexibility index (Phi) is 7.87. The van der Waals surface area contributed by atoms with Gasteiger partial charge in [-0.3, -0.25) is 4.79 Å². The van der Waals surface area contributed by atoms with Crippen molar-refractivity contribution in [3.05, 3.63) is 30.3 Å². The van der Waals surface area contributed by atoms with Gasteiger partial charge in [-0.05, 0) is 40.1 Å². The van der Waals surface area contributed by atoms with Crippen LogP contribution in [0, 0.1) is 0 Å². The van der Waals surface area contributed by atoms with Gasteiger partial charge in [-0.15, -0.1) is 0 Å². The monoisotopic (exact) mass is 370 g/mol. The van der Waals surface area contributed by atoms with Crippen molar-refractivity contribution in [2.45, 2.75) is 25.6 Å². The molecule has 1 rings (SSSR count). The quantitative estimate of drug-likeness (QED) is 0.839. The molecule has 0 aliphatic carbocycles. The van der Waals surface area contributed by atoms with Gasteiger partial charge in [0.05, 0.1) is 11.4 Å². The van der Waals surface area contributed by atoms with E-state index in [9.17, 15) is 31.5 Å². The lowest BCUT2D eigenvalue weighted by Crippen LogP contribution is -2.57. The number of benzene rings is 1. The second-order valence-corrected chi connectivity index (χ2v) is 6.98. The Hall–Kier alpha value is -1.65. The van der Waals surface area contributed by atoms with Crippen molar-refractivity contribution in [3.63, 3.8) is 0 Å². The molecule has 0 saturated carbocycles. The molecule has 0 fully saturated rings. The minimum atomic E-state index is -5.31. The Balaban J connectivity index is 0.00000163. The number of carbonyl (C=O) groups excluding carboxylic acids is 1. The number of halogens is 3. The predicted octanol–water partition coefficient (Wildman–Crippen LogP) is 1.52. The number of hydrogen-bond donors (Lipinski definition) is 2. The second kappa shape index (κ2) is 8.45. The van der Waals surface area contributed by atoms with Crippen LogP contribution in [-0.2, 0) is 14.8 Å². The van der Waals surface area contributed by atoms with E-state index in [1.807, 2.05) is 14.1 Å². The molecule has 0 aliphatic rings. The zero-order chi connectivity index (χ0) is 19.2. The predicted molar refractivity (Wildman–Crippen MR) is 85.1 cm³/mol. The van der Waals surface area contributed by atoms with Gasteiger partial charge in [0.2, 0.25) is 15.6 Å². The number of amides is 1. The van der Waals surface area contributed by atoms with Gasteiger partial charge >= 0.3 is 6.18 Å². The summed E-state index contributed by atoms with van der Waals surface area (Å²) in [4.78, 5) is 12.0. The molecular weight excluding hydrogens is 349 g/mol. The van der Waals surface area contributed by atoms with Gasteiger partial charge in [-0.1, -0.05) is 18.2 Å². The minimum absolute atomic E-state index is 0.0134. The molecule has 0 saturated heterocycles. The molecule has 6 nitrogen and oxygen atoms in total. The van der Waals surface area contributed by atoms with E-state index in [1.165, 1.54) is 25.1 Å². The summed E-state index contributed by atoms with van der Waals surface area (Å²) in [6.07, 6.45) is -5.31. The summed E-state index contributed by atoms with van der Waals surface area (Å²) in [6, 6.07) is 6.56. The van der Waals surface area contributed by atoms with E-state index in [-0.39, 0.29) is 16.9 Å². The summed E-state index contributed by atoms with van der Waals surface area (Å²) in [6.45, 7) is 1.40. The van der Waals surface area contributed by atoms with Crippen molar-refractivity contribution in [2.75, 3.05) is 24.2 Å². The maximum Gasteiger partial charge on any atom is 0.426 e. The zero-order valence-corrected chi connectivity index (χ0v) is 14.6. The number of aliphatic hydroxyl groups is 1. The third-order valence-electron chi connectivity index (χ3n) is 2.79. The Morgan fingerprint density at radius 2 is 1.62 bits per heavy atom. The highest BCUT2D eigenvalue weighted by Crippen LogP contribution is 2.34. The van der Waals surface area contributed by atoms with Crippen LogP contribution in [0.2, 0.25) is 0 Å². The Bertz CT molecular complexity index is 631. The maximum atomic E-state index is 12.8. The van der Waals surface area contributed by atoms with E-state index in [2.05, 4.69) is 5.32 Å². The van der Waals surface area contributed by atoms with Crippen molar-refractivity contribution in [3.8, 4) is 0 Å². The fourth-order valence-corrected chi connectivity index (χ4v) is 2.55. The van der Waals surface area contributed by atoms with Crippen LogP contribution in [0.4, 0.5) is 18.9 Å². The van der Waals surface area contributed by atoms with Crippen LogP contribution in [-0.4, -0.2) is 51.1 Å². The topological polar surface area (TPSA) is 86.7 Å². The number of rotatable bonds is 4. The van der Waals surface area contributed by atoms with Crippen LogP contribution in [0.25, 0.3) is 0 Å². The highest BCUT2D eigenvalue weighted by molar-refractivity contribution is 7.93. The molecule has 1 amide bonds. The summed E-state index contributed by atoms with van der Waals surface area (Å²) in [5, 5.41) is 12.2. The van der Waals surface area contributed by atoms with E-state index in [0.29, 0.717) is 0 Å². The summed E-state index contributed by atoms with van der Waals surface area (Å²) in [5.74, 6) is -2.57. The zero-order valence-electron chi connectivity index (χ0n) is 13.8. The van der Waals surface area contributed by atoms with Crippen molar-refractivity contribution in [1.29, 1.82) is 0 Å². The SMILES string of the molecule is CCS(=O)(=O)N(C(=O)C(C)(O)C(F)(F)F)c1ccccc1.CNC. The summed E-state index contributed by atoms with van der Waals surface area (Å²) in [5.41, 5.74) is -4.08. The summed E-state index contributed by atoms with van der Waals surface area (Å²) >= 11 is 0.